The van der Waals surface area contributed by atoms with Crippen molar-refractivity contribution in [2.24, 2.45) is 0 Å². The van der Waals surface area contributed by atoms with Crippen LogP contribution in [-0.2, 0) is 4.79 Å². The van der Waals surface area contributed by atoms with Crippen LogP contribution in [0.2, 0.25) is 0 Å². The Morgan fingerprint density at radius 2 is 2.24 bits per heavy atom. The molecule has 1 aromatic heterocycles. The molecule has 0 atom stereocenters. The predicted octanol–water partition coefficient (Wildman–Crippen LogP) is 2.11. The van der Waals surface area contributed by atoms with Gasteiger partial charge in [0.25, 0.3) is 0 Å². The van der Waals surface area contributed by atoms with Gasteiger partial charge in [-0.15, -0.1) is 0 Å². The summed E-state index contributed by atoms with van der Waals surface area (Å²) in [5, 5.41) is 9.91. The number of para-hydroxylation sites is 1. The molecule has 1 heterocycles. The number of rotatable bonds is 3. The summed E-state index contributed by atoms with van der Waals surface area (Å²) in [5.41, 5.74) is 1.50. The van der Waals surface area contributed by atoms with E-state index in [4.69, 9.17) is 0 Å². The molecular weight excluding hydrogens is 284 g/mol. The van der Waals surface area contributed by atoms with Crippen LogP contribution in [0.3, 0.4) is 0 Å². The third kappa shape index (κ3) is 2.71. The lowest BCUT2D eigenvalue weighted by Crippen LogP contribution is -2.13. The molecule has 0 aliphatic heterocycles. The smallest absolute Gasteiger partial charge is 0.235 e. The average Bonchev–Trinajstić information content (AvgIpc) is 2.76. The molecular formula is C11H11BrN4O. The van der Waals surface area contributed by atoms with Crippen molar-refractivity contribution in [2.45, 2.75) is 6.92 Å². The van der Waals surface area contributed by atoms with Gasteiger partial charge in [-0.1, -0.05) is 28.1 Å². The van der Waals surface area contributed by atoms with E-state index in [2.05, 4.69) is 36.4 Å². The second-order valence-electron chi connectivity index (χ2n) is 3.47. The third-order valence-electron chi connectivity index (χ3n) is 2.16. The van der Waals surface area contributed by atoms with Gasteiger partial charge in [-0.05, 0) is 19.1 Å². The van der Waals surface area contributed by atoms with E-state index >= 15 is 0 Å². The summed E-state index contributed by atoms with van der Waals surface area (Å²) in [6.07, 6.45) is 0. The van der Waals surface area contributed by atoms with Crippen molar-refractivity contribution in [2.75, 3.05) is 10.6 Å². The van der Waals surface area contributed by atoms with Gasteiger partial charge in [0.05, 0.1) is 11.0 Å². The highest BCUT2D eigenvalue weighted by Gasteiger charge is 2.10. The van der Waals surface area contributed by atoms with Crippen molar-refractivity contribution in [3.05, 3.63) is 30.1 Å². The highest BCUT2D eigenvalue weighted by atomic mass is 79.9. The second kappa shape index (κ2) is 5.09. The van der Waals surface area contributed by atoms with Crippen molar-refractivity contribution < 1.29 is 4.79 Å². The van der Waals surface area contributed by atoms with Gasteiger partial charge < -0.3 is 5.32 Å². The normalized spacial score (nSPS) is 10.2. The van der Waals surface area contributed by atoms with Gasteiger partial charge in [-0.3, -0.25) is 9.89 Å². The van der Waals surface area contributed by atoms with E-state index in [-0.39, 0.29) is 11.2 Å². The molecule has 88 valence electrons. The zero-order chi connectivity index (χ0) is 12.3. The number of nitrogens with zero attached hydrogens (tertiary/aromatic N) is 2. The van der Waals surface area contributed by atoms with Gasteiger partial charge in [-0.2, -0.15) is 5.10 Å². The van der Waals surface area contributed by atoms with Crippen LogP contribution in [0.4, 0.5) is 5.69 Å². The lowest BCUT2D eigenvalue weighted by Gasteiger charge is -2.07. The summed E-state index contributed by atoms with van der Waals surface area (Å²) in [4.78, 5) is 15.6. The molecule has 1 amide bonds. The number of aryl methyl sites for hydroxylation is 1. The minimum atomic E-state index is -0.107. The van der Waals surface area contributed by atoms with Gasteiger partial charge in [0.1, 0.15) is 5.82 Å². The highest BCUT2D eigenvalue weighted by molar-refractivity contribution is 9.09. The highest BCUT2D eigenvalue weighted by Crippen LogP contribution is 2.24. The Morgan fingerprint density at radius 1 is 1.47 bits per heavy atom. The molecule has 0 saturated carbocycles. The standard InChI is InChI=1S/C11H11BrN4O/c1-7-13-11(16-15-7)8-4-2-3-5-9(8)14-10(17)6-12/h2-5H,6H2,1H3,(H,14,17)(H,13,15,16). The minimum Gasteiger partial charge on any atom is -0.325 e. The van der Waals surface area contributed by atoms with Crippen LogP contribution in [0.1, 0.15) is 5.82 Å². The number of alkyl halides is 1. The zero-order valence-corrected chi connectivity index (χ0v) is 10.8. The Hall–Kier alpha value is -1.69. The molecule has 6 heteroatoms. The monoisotopic (exact) mass is 294 g/mol. The molecule has 0 unspecified atom stereocenters. The maximum atomic E-state index is 11.4. The first-order valence-corrected chi connectivity index (χ1v) is 6.17. The Labute approximate surface area is 107 Å². The SMILES string of the molecule is Cc1nc(-c2ccccc2NC(=O)CBr)n[nH]1. The van der Waals surface area contributed by atoms with Crippen molar-refractivity contribution in [3.8, 4) is 11.4 Å². The molecule has 17 heavy (non-hydrogen) atoms. The molecule has 5 nitrogen and oxygen atoms in total. The van der Waals surface area contributed by atoms with Crippen LogP contribution in [0.25, 0.3) is 11.4 Å². The number of halogens is 1. The van der Waals surface area contributed by atoms with Crippen LogP contribution < -0.4 is 5.32 Å². The summed E-state index contributed by atoms with van der Waals surface area (Å²) in [6.45, 7) is 1.83. The zero-order valence-electron chi connectivity index (χ0n) is 9.20. The van der Waals surface area contributed by atoms with E-state index in [0.717, 1.165) is 11.4 Å². The van der Waals surface area contributed by atoms with Gasteiger partial charge >= 0.3 is 0 Å². The summed E-state index contributed by atoms with van der Waals surface area (Å²) < 4.78 is 0. The van der Waals surface area contributed by atoms with E-state index < -0.39 is 0 Å². The first kappa shape index (κ1) is 11.8. The Morgan fingerprint density at radius 3 is 2.88 bits per heavy atom. The van der Waals surface area contributed by atoms with E-state index in [9.17, 15) is 4.79 Å². The van der Waals surface area contributed by atoms with E-state index in [0.29, 0.717) is 11.5 Å². The van der Waals surface area contributed by atoms with Gasteiger partial charge in [-0.25, -0.2) is 4.98 Å². The number of aromatic amines is 1. The Kier molecular flexibility index (Phi) is 3.53. The number of benzene rings is 1. The summed E-state index contributed by atoms with van der Waals surface area (Å²) in [5.74, 6) is 1.21. The van der Waals surface area contributed by atoms with Gasteiger partial charge in [0.2, 0.25) is 5.91 Å². The van der Waals surface area contributed by atoms with E-state index in [1.54, 1.807) is 0 Å². The number of H-pyrrole nitrogens is 1. The fraction of sp³-hybridized carbons (Fsp3) is 0.182. The third-order valence-corrected chi connectivity index (χ3v) is 2.67. The molecule has 1 aromatic carbocycles. The van der Waals surface area contributed by atoms with Crippen LogP contribution in [0, 0.1) is 6.92 Å². The quantitative estimate of drug-likeness (QED) is 0.852. The number of hydrogen-bond acceptors (Lipinski definition) is 3. The van der Waals surface area contributed by atoms with Crippen LogP contribution in [0.15, 0.2) is 24.3 Å². The predicted molar refractivity (Wildman–Crippen MR) is 69.0 cm³/mol. The van der Waals surface area contributed by atoms with Crippen LogP contribution in [-0.4, -0.2) is 26.4 Å². The molecule has 0 saturated heterocycles. The van der Waals surface area contributed by atoms with E-state index in [1.807, 2.05) is 31.2 Å². The van der Waals surface area contributed by atoms with Crippen molar-refractivity contribution in [1.82, 2.24) is 15.2 Å². The summed E-state index contributed by atoms with van der Waals surface area (Å²) in [7, 11) is 0. The number of aromatic nitrogens is 3. The molecule has 0 bridgehead atoms. The molecule has 0 spiro atoms. The fourth-order valence-corrected chi connectivity index (χ4v) is 1.57. The topological polar surface area (TPSA) is 70.7 Å². The van der Waals surface area contributed by atoms with Crippen molar-refractivity contribution in [3.63, 3.8) is 0 Å². The first-order valence-electron chi connectivity index (χ1n) is 5.05. The van der Waals surface area contributed by atoms with Crippen LogP contribution >= 0.6 is 15.9 Å². The Balaban J connectivity index is 2.37. The summed E-state index contributed by atoms with van der Waals surface area (Å²) in [6, 6.07) is 7.42. The second-order valence-corrected chi connectivity index (χ2v) is 4.03. The number of hydrogen-bond donors (Lipinski definition) is 2. The number of anilines is 1. The van der Waals surface area contributed by atoms with E-state index in [1.165, 1.54) is 0 Å². The molecule has 0 radical (unpaired) electrons. The maximum absolute atomic E-state index is 11.4. The first-order chi connectivity index (χ1) is 8.20. The Bertz CT molecular complexity index is 538. The number of carbonyl (C=O) groups excluding carboxylic acids is 1. The van der Waals surface area contributed by atoms with Crippen LogP contribution in [0.5, 0.6) is 0 Å². The largest absolute Gasteiger partial charge is 0.325 e. The molecule has 2 rings (SSSR count). The number of amides is 1. The van der Waals surface area contributed by atoms with Gasteiger partial charge in [0.15, 0.2) is 5.82 Å². The molecule has 0 aliphatic rings. The van der Waals surface area contributed by atoms with Crippen molar-refractivity contribution in [1.29, 1.82) is 0 Å². The van der Waals surface area contributed by atoms with Crippen molar-refractivity contribution >= 4 is 27.5 Å². The maximum Gasteiger partial charge on any atom is 0.235 e. The molecule has 2 N–H and O–H groups in total. The molecule has 0 aliphatic carbocycles. The lowest BCUT2D eigenvalue weighted by molar-refractivity contribution is -0.113. The fourth-order valence-electron chi connectivity index (χ4n) is 1.43. The summed E-state index contributed by atoms with van der Waals surface area (Å²) >= 11 is 3.11. The average molecular weight is 295 g/mol. The molecule has 2 aromatic rings. The minimum absolute atomic E-state index is 0.107. The number of nitrogens with one attached hydrogen (secondary N) is 2. The molecule has 0 fully saturated rings. The lowest BCUT2D eigenvalue weighted by atomic mass is 10.1. The number of carbonyl (C=O) groups is 1. The van der Waals surface area contributed by atoms with Gasteiger partial charge in [0, 0.05) is 5.56 Å².